The Kier molecular flexibility index (Phi) is 1.66. The number of aromatic nitrogens is 2. The second-order valence-corrected chi connectivity index (χ2v) is 3.06. The molecule has 2 heterocycles. The van der Waals surface area contributed by atoms with Gasteiger partial charge in [-0.25, -0.2) is 0 Å². The largest absolute Gasteiger partial charge is 0.315 e. The summed E-state index contributed by atoms with van der Waals surface area (Å²) >= 11 is 0. The molecule has 1 fully saturated rings. The van der Waals surface area contributed by atoms with E-state index in [4.69, 9.17) is 0 Å². The normalized spacial score (nSPS) is 24.3. The third-order valence-electron chi connectivity index (χ3n) is 2.25. The zero-order valence-corrected chi connectivity index (χ0v) is 6.75. The van der Waals surface area contributed by atoms with Gasteiger partial charge in [-0.15, -0.1) is 0 Å². The summed E-state index contributed by atoms with van der Waals surface area (Å²) in [4.78, 5) is 0. The van der Waals surface area contributed by atoms with Gasteiger partial charge in [0, 0.05) is 18.4 Å². The van der Waals surface area contributed by atoms with E-state index in [2.05, 4.69) is 28.1 Å². The van der Waals surface area contributed by atoms with Crippen LogP contribution < -0.4 is 5.32 Å². The highest BCUT2D eigenvalue weighted by molar-refractivity contribution is 4.99. The van der Waals surface area contributed by atoms with Crippen molar-refractivity contribution in [3.05, 3.63) is 18.0 Å². The van der Waals surface area contributed by atoms with Crippen LogP contribution in [-0.4, -0.2) is 22.9 Å². The van der Waals surface area contributed by atoms with E-state index in [0.717, 1.165) is 13.1 Å². The molecule has 11 heavy (non-hydrogen) atoms. The van der Waals surface area contributed by atoms with Crippen molar-refractivity contribution in [2.24, 2.45) is 0 Å². The van der Waals surface area contributed by atoms with Gasteiger partial charge in [-0.2, -0.15) is 5.10 Å². The summed E-state index contributed by atoms with van der Waals surface area (Å²) in [5.74, 6) is 0. The second-order valence-electron chi connectivity index (χ2n) is 3.06. The topological polar surface area (TPSA) is 29.9 Å². The van der Waals surface area contributed by atoms with Crippen molar-refractivity contribution in [3.63, 3.8) is 0 Å². The van der Waals surface area contributed by atoms with E-state index in [-0.39, 0.29) is 0 Å². The number of nitrogens with one attached hydrogen (secondary N) is 1. The number of rotatable bonds is 1. The molecule has 1 aliphatic rings. The Morgan fingerprint density at radius 3 is 3.18 bits per heavy atom. The minimum absolute atomic E-state index is 0.588. The van der Waals surface area contributed by atoms with E-state index in [1.54, 1.807) is 0 Å². The van der Waals surface area contributed by atoms with Crippen LogP contribution in [0.4, 0.5) is 0 Å². The summed E-state index contributed by atoms with van der Waals surface area (Å²) in [5, 5.41) is 7.60. The number of aryl methyl sites for hydroxylation is 1. The zero-order chi connectivity index (χ0) is 7.68. The van der Waals surface area contributed by atoms with Crippen LogP contribution in [0.15, 0.2) is 12.3 Å². The van der Waals surface area contributed by atoms with Gasteiger partial charge in [-0.3, -0.25) is 4.68 Å². The van der Waals surface area contributed by atoms with E-state index >= 15 is 0 Å². The lowest BCUT2D eigenvalue weighted by molar-refractivity contribution is 0.479. The number of hydrogen-bond acceptors (Lipinski definition) is 2. The van der Waals surface area contributed by atoms with Crippen molar-refractivity contribution in [2.75, 3.05) is 13.1 Å². The molecule has 0 aliphatic carbocycles. The molecule has 3 heteroatoms. The Morgan fingerprint density at radius 2 is 2.64 bits per heavy atom. The van der Waals surface area contributed by atoms with Crippen LogP contribution in [0.5, 0.6) is 0 Å². The molecule has 0 spiro atoms. The fraction of sp³-hybridized carbons (Fsp3) is 0.625. The first-order chi connectivity index (χ1) is 5.38. The molecule has 2 rings (SSSR count). The average molecular weight is 151 g/mol. The summed E-state index contributed by atoms with van der Waals surface area (Å²) in [6, 6.07) is 2.64. The van der Waals surface area contributed by atoms with Gasteiger partial charge >= 0.3 is 0 Å². The molecule has 0 bridgehead atoms. The molecular weight excluding hydrogens is 138 g/mol. The molecule has 1 unspecified atom stereocenters. The Morgan fingerprint density at radius 1 is 1.73 bits per heavy atom. The number of nitrogens with zero attached hydrogens (tertiary/aromatic N) is 2. The zero-order valence-electron chi connectivity index (χ0n) is 6.75. The molecule has 0 saturated carbocycles. The first-order valence-corrected chi connectivity index (χ1v) is 4.09. The fourth-order valence-electron chi connectivity index (χ4n) is 1.61. The van der Waals surface area contributed by atoms with Crippen molar-refractivity contribution >= 4 is 0 Å². The average Bonchev–Trinajstić information content (AvgIpc) is 2.55. The third-order valence-corrected chi connectivity index (χ3v) is 2.25. The quantitative estimate of drug-likeness (QED) is 0.641. The summed E-state index contributed by atoms with van der Waals surface area (Å²) < 4.78 is 2.11. The van der Waals surface area contributed by atoms with Crippen LogP contribution in [-0.2, 0) is 0 Å². The molecule has 1 aromatic heterocycles. The predicted molar refractivity (Wildman–Crippen MR) is 43.5 cm³/mol. The van der Waals surface area contributed by atoms with Crippen molar-refractivity contribution in [2.45, 2.75) is 19.4 Å². The second kappa shape index (κ2) is 2.66. The van der Waals surface area contributed by atoms with E-state index in [1.807, 2.05) is 6.20 Å². The highest BCUT2D eigenvalue weighted by Crippen LogP contribution is 2.15. The monoisotopic (exact) mass is 151 g/mol. The van der Waals surface area contributed by atoms with Gasteiger partial charge in [0.15, 0.2) is 0 Å². The van der Waals surface area contributed by atoms with Crippen LogP contribution in [0, 0.1) is 6.92 Å². The smallest absolute Gasteiger partial charge is 0.0658 e. The highest BCUT2D eigenvalue weighted by Gasteiger charge is 2.17. The predicted octanol–water partition coefficient (Wildman–Crippen LogP) is 0.726. The summed E-state index contributed by atoms with van der Waals surface area (Å²) in [6.45, 7) is 4.30. The van der Waals surface area contributed by atoms with Gasteiger partial charge in [-0.1, -0.05) is 0 Å². The van der Waals surface area contributed by atoms with Gasteiger partial charge in [0.1, 0.15) is 0 Å². The van der Waals surface area contributed by atoms with Crippen LogP contribution in [0.1, 0.15) is 18.2 Å². The van der Waals surface area contributed by atoms with Crippen molar-refractivity contribution in [3.8, 4) is 0 Å². The molecule has 3 nitrogen and oxygen atoms in total. The highest BCUT2D eigenvalue weighted by atomic mass is 15.3. The van der Waals surface area contributed by atoms with E-state index in [1.165, 1.54) is 12.1 Å². The van der Waals surface area contributed by atoms with Crippen LogP contribution >= 0.6 is 0 Å². The summed E-state index contributed by atoms with van der Waals surface area (Å²) in [7, 11) is 0. The molecule has 1 aliphatic heterocycles. The molecular formula is C8H13N3. The Hall–Kier alpha value is -0.830. The van der Waals surface area contributed by atoms with Gasteiger partial charge in [0.25, 0.3) is 0 Å². The lowest BCUT2D eigenvalue weighted by Crippen LogP contribution is -2.15. The minimum atomic E-state index is 0.588. The SMILES string of the molecule is Cc1ccnn1C1CCNC1. The molecule has 0 radical (unpaired) electrons. The van der Waals surface area contributed by atoms with Gasteiger partial charge < -0.3 is 5.32 Å². The lowest BCUT2D eigenvalue weighted by atomic mass is 10.2. The Bertz CT molecular complexity index is 235. The van der Waals surface area contributed by atoms with Gasteiger partial charge in [-0.05, 0) is 26.0 Å². The first kappa shape index (κ1) is 6.85. The molecule has 60 valence electrons. The Balaban J connectivity index is 2.21. The first-order valence-electron chi connectivity index (χ1n) is 4.09. The molecule has 0 amide bonds. The van der Waals surface area contributed by atoms with Gasteiger partial charge in [0.05, 0.1) is 6.04 Å². The van der Waals surface area contributed by atoms with E-state index < -0.39 is 0 Å². The summed E-state index contributed by atoms with van der Waals surface area (Å²) in [5.41, 5.74) is 1.26. The molecule has 0 aromatic carbocycles. The van der Waals surface area contributed by atoms with E-state index in [9.17, 15) is 0 Å². The maximum Gasteiger partial charge on any atom is 0.0658 e. The van der Waals surface area contributed by atoms with Crippen molar-refractivity contribution < 1.29 is 0 Å². The van der Waals surface area contributed by atoms with E-state index in [0.29, 0.717) is 6.04 Å². The lowest BCUT2D eigenvalue weighted by Gasteiger charge is -2.10. The Labute approximate surface area is 66.4 Å². The molecule has 1 N–H and O–H groups in total. The molecule has 1 atom stereocenters. The third kappa shape index (κ3) is 1.16. The molecule has 1 aromatic rings. The minimum Gasteiger partial charge on any atom is -0.315 e. The summed E-state index contributed by atoms with van der Waals surface area (Å²) in [6.07, 6.45) is 3.08. The van der Waals surface area contributed by atoms with Crippen molar-refractivity contribution in [1.29, 1.82) is 0 Å². The van der Waals surface area contributed by atoms with Crippen LogP contribution in [0.2, 0.25) is 0 Å². The van der Waals surface area contributed by atoms with Crippen LogP contribution in [0.25, 0.3) is 0 Å². The van der Waals surface area contributed by atoms with Crippen LogP contribution in [0.3, 0.4) is 0 Å². The number of hydrogen-bond donors (Lipinski definition) is 1. The maximum absolute atomic E-state index is 4.27. The van der Waals surface area contributed by atoms with Gasteiger partial charge in [0.2, 0.25) is 0 Å². The van der Waals surface area contributed by atoms with Crippen molar-refractivity contribution in [1.82, 2.24) is 15.1 Å². The maximum atomic E-state index is 4.27. The molecule has 1 saturated heterocycles. The fourth-order valence-corrected chi connectivity index (χ4v) is 1.61. The standard InChI is InChI=1S/C8H13N3/c1-7-2-5-10-11(7)8-3-4-9-6-8/h2,5,8-9H,3-4,6H2,1H3.